The molecule has 2 heterocycles. The van der Waals surface area contributed by atoms with E-state index in [4.69, 9.17) is 32.9 Å². The molecule has 5 nitrogen and oxygen atoms in total. The molecule has 0 aliphatic rings. The van der Waals surface area contributed by atoms with Gasteiger partial charge in [0.15, 0.2) is 5.65 Å². The smallest absolute Gasteiger partial charge is 0.165 e. The van der Waals surface area contributed by atoms with Crippen LogP contribution in [-0.2, 0) is 11.2 Å². The van der Waals surface area contributed by atoms with Crippen LogP contribution in [0.15, 0.2) is 30.6 Å². The molecule has 144 valence electrons. The molecule has 0 fully saturated rings. The molecule has 0 atom stereocenters. The van der Waals surface area contributed by atoms with E-state index >= 15 is 0 Å². The second-order valence-corrected chi connectivity index (χ2v) is 7.15. The van der Waals surface area contributed by atoms with Crippen molar-refractivity contribution in [3.05, 3.63) is 46.3 Å². The highest BCUT2D eigenvalue weighted by Gasteiger charge is 2.20. The number of halogens is 2. The monoisotopic (exact) mass is 406 g/mol. The first-order valence-corrected chi connectivity index (χ1v) is 9.91. The Labute approximate surface area is 169 Å². The maximum atomic E-state index is 6.44. The van der Waals surface area contributed by atoms with E-state index in [-0.39, 0.29) is 0 Å². The molecule has 1 aromatic carbocycles. The van der Waals surface area contributed by atoms with Crippen molar-refractivity contribution in [3.8, 4) is 11.3 Å². The summed E-state index contributed by atoms with van der Waals surface area (Å²) in [6, 6.07) is 5.44. The van der Waals surface area contributed by atoms with Gasteiger partial charge in [-0.3, -0.25) is 9.38 Å². The van der Waals surface area contributed by atoms with E-state index in [2.05, 4.69) is 28.1 Å². The molecule has 0 N–H and O–H groups in total. The molecule has 2 aromatic heterocycles. The number of ether oxygens (including phenoxy) is 1. The van der Waals surface area contributed by atoms with Crippen LogP contribution in [-0.4, -0.2) is 41.2 Å². The maximum Gasteiger partial charge on any atom is 0.165 e. The van der Waals surface area contributed by atoms with Crippen LogP contribution in [0.25, 0.3) is 16.9 Å². The largest absolute Gasteiger partial charge is 0.383 e. The molecule has 0 unspecified atom stereocenters. The summed E-state index contributed by atoms with van der Waals surface area (Å²) in [6.45, 7) is 6.70. The second-order valence-electron chi connectivity index (χ2n) is 6.31. The number of anilines is 1. The molecule has 0 amide bonds. The highest BCUT2D eigenvalue weighted by molar-refractivity contribution is 6.36. The molecular formula is C20H24Cl2N4O. The molecule has 3 aromatic rings. The van der Waals surface area contributed by atoms with Crippen LogP contribution in [0, 0.1) is 0 Å². The third-order valence-corrected chi connectivity index (χ3v) is 5.01. The lowest BCUT2D eigenvalue weighted by molar-refractivity contribution is 0.205. The normalized spacial score (nSPS) is 11.3. The summed E-state index contributed by atoms with van der Waals surface area (Å²) >= 11 is 12.5. The summed E-state index contributed by atoms with van der Waals surface area (Å²) in [7, 11) is 1.73. The number of rotatable bonds is 8. The Bertz CT molecular complexity index is 926. The summed E-state index contributed by atoms with van der Waals surface area (Å²) in [5, 5.41) is 1.16. The summed E-state index contributed by atoms with van der Waals surface area (Å²) in [5.74, 6) is 1.10. The van der Waals surface area contributed by atoms with Crippen LogP contribution in [0.1, 0.15) is 26.0 Å². The predicted octanol–water partition coefficient (Wildman–Crippen LogP) is 5.13. The lowest BCUT2D eigenvalue weighted by Crippen LogP contribution is -2.30. The quantitative estimate of drug-likeness (QED) is 0.519. The molecule has 3 rings (SSSR count). The van der Waals surface area contributed by atoms with Crippen molar-refractivity contribution in [2.45, 2.75) is 26.7 Å². The molecule has 0 spiro atoms. The van der Waals surface area contributed by atoms with Gasteiger partial charge in [0.25, 0.3) is 0 Å². The van der Waals surface area contributed by atoms with E-state index in [0.29, 0.717) is 16.7 Å². The zero-order valence-corrected chi connectivity index (χ0v) is 17.4. The Morgan fingerprint density at radius 1 is 1.19 bits per heavy atom. The predicted molar refractivity (Wildman–Crippen MR) is 112 cm³/mol. The van der Waals surface area contributed by atoms with Gasteiger partial charge in [-0.15, -0.1) is 0 Å². The van der Waals surface area contributed by atoms with Crippen LogP contribution in [0.2, 0.25) is 10.0 Å². The van der Waals surface area contributed by atoms with Crippen LogP contribution in [0.3, 0.4) is 0 Å². The van der Waals surface area contributed by atoms with Gasteiger partial charge in [0.2, 0.25) is 0 Å². The maximum absolute atomic E-state index is 6.44. The van der Waals surface area contributed by atoms with Gasteiger partial charge in [0.1, 0.15) is 11.5 Å². The van der Waals surface area contributed by atoms with E-state index in [1.807, 2.05) is 18.3 Å². The number of aromatic nitrogens is 3. The van der Waals surface area contributed by atoms with Crippen molar-refractivity contribution < 1.29 is 4.74 Å². The number of nitrogens with zero attached hydrogens (tertiary/aromatic N) is 4. The fourth-order valence-electron chi connectivity index (χ4n) is 3.25. The van der Waals surface area contributed by atoms with E-state index < -0.39 is 0 Å². The van der Waals surface area contributed by atoms with Gasteiger partial charge in [-0.2, -0.15) is 0 Å². The lowest BCUT2D eigenvalue weighted by atomic mass is 10.1. The molecule has 0 aliphatic heterocycles. The third kappa shape index (κ3) is 4.05. The van der Waals surface area contributed by atoms with Crippen LogP contribution < -0.4 is 4.90 Å². The van der Waals surface area contributed by atoms with Gasteiger partial charge in [-0.1, -0.05) is 37.0 Å². The molecular weight excluding hydrogens is 383 g/mol. The Balaban J connectivity index is 2.19. The van der Waals surface area contributed by atoms with Crippen LogP contribution >= 0.6 is 23.2 Å². The van der Waals surface area contributed by atoms with E-state index in [0.717, 1.165) is 54.3 Å². The molecule has 27 heavy (non-hydrogen) atoms. The first-order chi connectivity index (χ1) is 13.1. The topological polar surface area (TPSA) is 42.7 Å². The molecule has 7 heteroatoms. The van der Waals surface area contributed by atoms with Crippen molar-refractivity contribution in [3.63, 3.8) is 0 Å². The van der Waals surface area contributed by atoms with Gasteiger partial charge in [0, 0.05) is 43.2 Å². The number of hydrogen-bond acceptors (Lipinski definition) is 4. The molecule has 0 radical (unpaired) electrons. The average molecular weight is 407 g/mol. The Hall–Kier alpha value is -1.82. The van der Waals surface area contributed by atoms with Gasteiger partial charge in [0.05, 0.1) is 17.3 Å². The van der Waals surface area contributed by atoms with Crippen molar-refractivity contribution >= 4 is 34.7 Å². The molecule has 0 saturated carbocycles. The zero-order valence-electron chi connectivity index (χ0n) is 15.9. The molecule has 0 saturated heterocycles. The number of benzene rings is 1. The molecule has 0 bridgehead atoms. The van der Waals surface area contributed by atoms with Crippen molar-refractivity contribution in [2.24, 2.45) is 0 Å². The minimum absolute atomic E-state index is 0.565. The summed E-state index contributed by atoms with van der Waals surface area (Å²) < 4.78 is 7.42. The van der Waals surface area contributed by atoms with Gasteiger partial charge < -0.3 is 9.64 Å². The second kappa shape index (κ2) is 8.91. The highest BCUT2D eigenvalue weighted by Crippen LogP contribution is 2.33. The first kappa shape index (κ1) is 19.9. The number of aryl methyl sites for hydroxylation is 1. The number of hydrogen-bond donors (Lipinski definition) is 0. The number of fused-ring (bicyclic) bond motifs is 1. The fourth-order valence-corrected chi connectivity index (χ4v) is 3.75. The van der Waals surface area contributed by atoms with Gasteiger partial charge >= 0.3 is 0 Å². The lowest BCUT2D eigenvalue weighted by Gasteiger charge is -2.24. The van der Waals surface area contributed by atoms with Gasteiger partial charge in [-0.25, -0.2) is 4.98 Å². The van der Waals surface area contributed by atoms with E-state index in [1.54, 1.807) is 19.4 Å². The Kier molecular flexibility index (Phi) is 6.58. The first-order valence-electron chi connectivity index (χ1n) is 9.15. The minimum atomic E-state index is 0.565. The summed E-state index contributed by atoms with van der Waals surface area (Å²) in [6.07, 6.45) is 5.62. The molecule has 0 aliphatic carbocycles. The average Bonchev–Trinajstić information content (AvgIpc) is 3.04. The van der Waals surface area contributed by atoms with Crippen LogP contribution in [0.4, 0.5) is 5.82 Å². The fraction of sp³-hybridized carbons (Fsp3) is 0.400. The van der Waals surface area contributed by atoms with E-state index in [9.17, 15) is 0 Å². The summed E-state index contributed by atoms with van der Waals surface area (Å²) in [5.41, 5.74) is 3.42. The summed E-state index contributed by atoms with van der Waals surface area (Å²) in [4.78, 5) is 11.8. The SMILES string of the molecule is CCCN(CCOC)c1c(CC)nc2c(-c3ccc(Cl)cc3Cl)nccn12. The van der Waals surface area contributed by atoms with Crippen molar-refractivity contribution in [2.75, 3.05) is 31.7 Å². The standard InChI is InChI=1S/C20H24Cl2N4O/c1-4-9-25(11-12-27-3)20-17(5-2)24-19-18(23-8-10-26(19)20)15-7-6-14(21)13-16(15)22/h6-8,10,13H,4-5,9,11-12H2,1-3H3. The van der Waals surface area contributed by atoms with Gasteiger partial charge in [-0.05, 0) is 31.0 Å². The van der Waals surface area contributed by atoms with Crippen molar-refractivity contribution in [1.29, 1.82) is 0 Å². The van der Waals surface area contributed by atoms with Crippen LogP contribution in [0.5, 0.6) is 0 Å². The van der Waals surface area contributed by atoms with Crippen molar-refractivity contribution in [1.82, 2.24) is 14.4 Å². The minimum Gasteiger partial charge on any atom is -0.383 e. The van der Waals surface area contributed by atoms with E-state index in [1.165, 1.54) is 0 Å². The number of imidazole rings is 1. The number of methoxy groups -OCH3 is 1. The highest BCUT2D eigenvalue weighted by atomic mass is 35.5. The third-order valence-electron chi connectivity index (χ3n) is 4.47. The Morgan fingerprint density at radius 3 is 2.67 bits per heavy atom. The zero-order chi connectivity index (χ0) is 19.4. The Morgan fingerprint density at radius 2 is 2.00 bits per heavy atom.